The van der Waals surface area contributed by atoms with E-state index >= 15 is 0 Å². The van der Waals surface area contributed by atoms with Crippen LogP contribution in [0.2, 0.25) is 0 Å². The van der Waals surface area contributed by atoms with Gasteiger partial charge in [-0.05, 0) is 111 Å². The van der Waals surface area contributed by atoms with E-state index in [1.807, 2.05) is 48.5 Å². The van der Waals surface area contributed by atoms with E-state index in [2.05, 4.69) is 0 Å². The molecule has 0 aromatic rings. The van der Waals surface area contributed by atoms with Gasteiger partial charge in [-0.3, -0.25) is 9.59 Å². The van der Waals surface area contributed by atoms with Crippen LogP contribution in [0, 0.1) is 28.6 Å². The first kappa shape index (κ1) is 33.1. The lowest BCUT2D eigenvalue weighted by Gasteiger charge is -2.56. The van der Waals surface area contributed by atoms with Crippen LogP contribution < -0.4 is 0 Å². The standard InChI is InChI=1S/C24H40O4.4CH4/c1-8-23(7,15-22(5,6)19(25)27-21(2,3)4)20(26)28-24-12-16-9-17(13-24)11-18(10-16)14-24;;;;/h16-18H,8-15H2,1-7H3;4*1H4. The molecule has 1 unspecified atom stereocenters. The Bertz CT molecular complexity index is 593. The number of ether oxygens (including phenoxy) is 2. The molecule has 0 aromatic heterocycles. The molecule has 0 saturated heterocycles. The molecule has 192 valence electrons. The molecule has 4 nitrogen and oxygen atoms in total. The fourth-order valence-corrected chi connectivity index (χ4v) is 6.28. The maximum atomic E-state index is 13.4. The summed E-state index contributed by atoms with van der Waals surface area (Å²) in [7, 11) is 0. The van der Waals surface area contributed by atoms with Gasteiger partial charge in [-0.1, -0.05) is 36.6 Å². The van der Waals surface area contributed by atoms with Crippen molar-refractivity contribution < 1.29 is 19.1 Å². The zero-order valence-corrected chi connectivity index (χ0v) is 19.0. The molecule has 0 heterocycles. The summed E-state index contributed by atoms with van der Waals surface area (Å²) in [6.45, 7) is 13.4. The molecule has 4 aliphatic carbocycles. The summed E-state index contributed by atoms with van der Waals surface area (Å²) in [4.78, 5) is 26.1. The Morgan fingerprint density at radius 1 is 0.781 bits per heavy atom. The molecular formula is C28H56O4. The van der Waals surface area contributed by atoms with Crippen molar-refractivity contribution in [3.8, 4) is 0 Å². The van der Waals surface area contributed by atoms with Crippen molar-refractivity contribution in [3.63, 3.8) is 0 Å². The number of hydrogen-bond donors (Lipinski definition) is 0. The predicted octanol–water partition coefficient (Wildman–Crippen LogP) is 8.22. The van der Waals surface area contributed by atoms with Crippen LogP contribution in [0.1, 0.15) is 130 Å². The number of rotatable bonds is 6. The van der Waals surface area contributed by atoms with Gasteiger partial charge in [0.2, 0.25) is 0 Å². The van der Waals surface area contributed by atoms with Gasteiger partial charge in [0.25, 0.3) is 0 Å². The third-order valence-electron chi connectivity index (χ3n) is 7.35. The van der Waals surface area contributed by atoms with E-state index in [1.54, 1.807) is 0 Å². The van der Waals surface area contributed by atoms with Crippen LogP contribution in [-0.4, -0.2) is 23.1 Å². The predicted molar refractivity (Wildman–Crippen MR) is 137 cm³/mol. The molecule has 1 atom stereocenters. The number of hydrogen-bond acceptors (Lipinski definition) is 4. The summed E-state index contributed by atoms with van der Waals surface area (Å²) in [6.07, 6.45) is 8.20. The summed E-state index contributed by atoms with van der Waals surface area (Å²) in [5.41, 5.74) is -2.18. The second kappa shape index (κ2) is 10.9. The van der Waals surface area contributed by atoms with Crippen molar-refractivity contribution in [1.29, 1.82) is 0 Å². The van der Waals surface area contributed by atoms with E-state index in [-0.39, 0.29) is 47.2 Å². The average Bonchev–Trinajstić information content (AvgIpc) is 2.50. The smallest absolute Gasteiger partial charge is 0.312 e. The maximum absolute atomic E-state index is 13.4. The molecule has 4 aliphatic rings. The Kier molecular flexibility index (Phi) is 11.3. The lowest BCUT2D eigenvalue weighted by molar-refractivity contribution is -0.199. The zero-order chi connectivity index (χ0) is 21.0. The van der Waals surface area contributed by atoms with Gasteiger partial charge < -0.3 is 9.47 Å². The monoisotopic (exact) mass is 456 g/mol. The first-order valence-electron chi connectivity index (χ1n) is 11.2. The molecule has 0 aliphatic heterocycles. The number of carbonyl (C=O) groups is 2. The fraction of sp³-hybridized carbons (Fsp3) is 0.929. The van der Waals surface area contributed by atoms with Gasteiger partial charge in [-0.2, -0.15) is 0 Å². The van der Waals surface area contributed by atoms with E-state index in [0.717, 1.165) is 37.0 Å². The van der Waals surface area contributed by atoms with Crippen LogP contribution >= 0.6 is 0 Å². The van der Waals surface area contributed by atoms with Crippen LogP contribution in [0.4, 0.5) is 0 Å². The van der Waals surface area contributed by atoms with E-state index in [0.29, 0.717) is 12.8 Å². The minimum absolute atomic E-state index is 0. The molecule has 0 spiro atoms. The summed E-state index contributed by atoms with van der Waals surface area (Å²) in [6, 6.07) is 0. The Hall–Kier alpha value is -1.06. The fourth-order valence-electron chi connectivity index (χ4n) is 6.28. The SMILES string of the molecule is C.C.C.C.CCC(C)(CC(C)(C)C(=O)OC(C)(C)C)C(=O)OC12CC3CC(CC(C3)C1)C2. The van der Waals surface area contributed by atoms with E-state index < -0.39 is 16.4 Å². The van der Waals surface area contributed by atoms with Crippen molar-refractivity contribution >= 4 is 11.9 Å². The lowest BCUT2D eigenvalue weighted by atomic mass is 9.54. The van der Waals surface area contributed by atoms with Gasteiger partial charge >= 0.3 is 11.9 Å². The molecule has 0 radical (unpaired) electrons. The van der Waals surface area contributed by atoms with Crippen molar-refractivity contribution in [3.05, 3.63) is 0 Å². The van der Waals surface area contributed by atoms with E-state index in [1.165, 1.54) is 19.3 Å². The van der Waals surface area contributed by atoms with Crippen LogP contribution in [0.15, 0.2) is 0 Å². The van der Waals surface area contributed by atoms with Crippen molar-refractivity contribution in [1.82, 2.24) is 0 Å². The van der Waals surface area contributed by atoms with Crippen LogP contribution in [0.25, 0.3) is 0 Å². The second-order valence-electron chi connectivity index (χ2n) is 12.0. The third-order valence-corrected chi connectivity index (χ3v) is 7.35. The van der Waals surface area contributed by atoms with Gasteiger partial charge in [0.15, 0.2) is 0 Å². The van der Waals surface area contributed by atoms with Crippen LogP contribution in [-0.2, 0) is 19.1 Å². The largest absolute Gasteiger partial charge is 0.460 e. The quantitative estimate of drug-likeness (QED) is 0.378. The molecule has 0 aromatic carbocycles. The Labute approximate surface area is 200 Å². The van der Waals surface area contributed by atoms with E-state index in [4.69, 9.17) is 9.47 Å². The molecule has 0 amide bonds. The van der Waals surface area contributed by atoms with Gasteiger partial charge in [-0.25, -0.2) is 0 Å². The molecule has 0 N–H and O–H groups in total. The number of esters is 2. The number of carbonyl (C=O) groups excluding carboxylic acids is 2. The van der Waals surface area contributed by atoms with Gasteiger partial charge in [0, 0.05) is 0 Å². The first-order chi connectivity index (χ1) is 12.8. The van der Waals surface area contributed by atoms with Crippen molar-refractivity contribution in [2.45, 2.75) is 141 Å². The van der Waals surface area contributed by atoms with Gasteiger partial charge in [-0.15, -0.1) is 0 Å². The Morgan fingerprint density at radius 3 is 1.53 bits per heavy atom. The Balaban J connectivity index is 0. The second-order valence-corrected chi connectivity index (χ2v) is 12.0. The molecule has 32 heavy (non-hydrogen) atoms. The van der Waals surface area contributed by atoms with Crippen LogP contribution in [0.5, 0.6) is 0 Å². The zero-order valence-electron chi connectivity index (χ0n) is 19.0. The highest BCUT2D eigenvalue weighted by Gasteiger charge is 2.55. The average molecular weight is 457 g/mol. The first-order valence-corrected chi connectivity index (χ1v) is 11.2. The molecule has 4 saturated carbocycles. The molecule has 4 bridgehead atoms. The maximum Gasteiger partial charge on any atom is 0.312 e. The highest BCUT2D eigenvalue weighted by atomic mass is 16.6. The summed E-state index contributed by atoms with van der Waals surface area (Å²) < 4.78 is 12.0. The lowest BCUT2D eigenvalue weighted by Crippen LogP contribution is -2.54. The molecule has 4 fully saturated rings. The topological polar surface area (TPSA) is 52.6 Å². The highest BCUT2D eigenvalue weighted by molar-refractivity contribution is 5.80. The highest BCUT2D eigenvalue weighted by Crippen LogP contribution is 2.57. The molecule has 4 rings (SSSR count). The van der Waals surface area contributed by atoms with Gasteiger partial charge in [0.05, 0.1) is 10.8 Å². The minimum atomic E-state index is -0.738. The normalized spacial score (nSPS) is 29.8. The van der Waals surface area contributed by atoms with E-state index in [9.17, 15) is 9.59 Å². The van der Waals surface area contributed by atoms with Crippen molar-refractivity contribution in [2.24, 2.45) is 28.6 Å². The molecule has 4 heteroatoms. The third kappa shape index (κ3) is 6.97. The molecular weight excluding hydrogens is 400 g/mol. The van der Waals surface area contributed by atoms with Gasteiger partial charge in [0.1, 0.15) is 11.2 Å². The Morgan fingerprint density at radius 2 is 1.19 bits per heavy atom. The summed E-state index contributed by atoms with van der Waals surface area (Å²) >= 11 is 0. The summed E-state index contributed by atoms with van der Waals surface area (Å²) in [5.74, 6) is 1.86. The van der Waals surface area contributed by atoms with Crippen LogP contribution in [0.3, 0.4) is 0 Å². The van der Waals surface area contributed by atoms with Crippen molar-refractivity contribution in [2.75, 3.05) is 0 Å². The summed E-state index contributed by atoms with van der Waals surface area (Å²) in [5, 5.41) is 0. The minimum Gasteiger partial charge on any atom is -0.460 e.